The van der Waals surface area contributed by atoms with Crippen LogP contribution in [0.15, 0.2) is 42.5 Å². The lowest BCUT2D eigenvalue weighted by atomic mass is 9.87. The Morgan fingerprint density at radius 1 is 1.09 bits per heavy atom. The van der Waals surface area contributed by atoms with Crippen LogP contribution in [0.1, 0.15) is 42.1 Å². The second-order valence-electron chi connectivity index (χ2n) is 8.51. The van der Waals surface area contributed by atoms with E-state index in [0.717, 1.165) is 12.0 Å². The molecule has 0 spiro atoms. The quantitative estimate of drug-likeness (QED) is 0.637. The molecule has 1 saturated heterocycles. The molecular weight excluding hydrogens is 428 g/mol. The fourth-order valence-electron chi connectivity index (χ4n) is 4.07. The lowest BCUT2D eigenvalue weighted by Crippen LogP contribution is -2.36. The summed E-state index contributed by atoms with van der Waals surface area (Å²) in [6.07, 6.45) is 0.902. The van der Waals surface area contributed by atoms with E-state index in [1.165, 1.54) is 0 Å². The number of carbonyl (C=O) groups is 2. The third kappa shape index (κ3) is 5.54. The zero-order chi connectivity index (χ0) is 23.3. The number of hydrogen-bond acceptors (Lipinski definition) is 4. The lowest BCUT2D eigenvalue weighted by molar-refractivity contribution is -0.124. The predicted molar refractivity (Wildman–Crippen MR) is 126 cm³/mol. The average Bonchev–Trinajstić information content (AvgIpc) is 3.23. The first-order valence-corrected chi connectivity index (χ1v) is 11.3. The highest BCUT2D eigenvalue weighted by Gasteiger charge is 2.41. The van der Waals surface area contributed by atoms with Gasteiger partial charge < -0.3 is 19.7 Å². The zero-order valence-electron chi connectivity index (χ0n) is 19.1. The molecule has 0 aliphatic carbocycles. The summed E-state index contributed by atoms with van der Waals surface area (Å²) in [6.45, 7) is 5.60. The molecule has 1 fully saturated rings. The van der Waals surface area contributed by atoms with Crippen molar-refractivity contribution in [3.8, 4) is 11.5 Å². The second kappa shape index (κ2) is 10.7. The van der Waals surface area contributed by atoms with Gasteiger partial charge in [0.05, 0.1) is 20.1 Å². The summed E-state index contributed by atoms with van der Waals surface area (Å²) >= 11 is 5.97. The minimum Gasteiger partial charge on any atom is -0.497 e. The summed E-state index contributed by atoms with van der Waals surface area (Å²) in [5.41, 5.74) is 1.41. The van der Waals surface area contributed by atoms with E-state index in [1.54, 1.807) is 43.4 Å². The maximum atomic E-state index is 13.2. The highest BCUT2D eigenvalue weighted by molar-refractivity contribution is 6.30. The van der Waals surface area contributed by atoms with Crippen molar-refractivity contribution in [3.05, 3.63) is 58.6 Å². The predicted octanol–water partition coefficient (Wildman–Crippen LogP) is 4.38. The van der Waals surface area contributed by atoms with Gasteiger partial charge in [-0.2, -0.15) is 0 Å². The van der Waals surface area contributed by atoms with Gasteiger partial charge in [-0.05, 0) is 54.8 Å². The van der Waals surface area contributed by atoms with Gasteiger partial charge in [-0.15, -0.1) is 0 Å². The van der Waals surface area contributed by atoms with Crippen LogP contribution in [0.5, 0.6) is 11.5 Å². The summed E-state index contributed by atoms with van der Waals surface area (Å²) in [4.78, 5) is 28.1. The maximum absolute atomic E-state index is 13.2. The topological polar surface area (TPSA) is 67.9 Å². The number of benzene rings is 2. The third-order valence-electron chi connectivity index (χ3n) is 5.89. The Labute approximate surface area is 194 Å². The standard InChI is InChI=1S/C25H31ClN2O4/c1-16(2)11-12-27-24(29)22-15-28(25(30)17-5-7-18(26)8-6-17)14-21(22)20-13-19(31-3)9-10-23(20)32-4/h5-10,13,16,21-22H,11-12,14-15H2,1-4H3,(H,27,29)/t21-,22+/m0/s1. The van der Waals surface area contributed by atoms with Crippen molar-refractivity contribution in [3.63, 3.8) is 0 Å². The molecule has 0 saturated carbocycles. The van der Waals surface area contributed by atoms with Crippen molar-refractivity contribution in [1.29, 1.82) is 0 Å². The van der Waals surface area contributed by atoms with E-state index in [0.29, 0.717) is 47.6 Å². The summed E-state index contributed by atoms with van der Waals surface area (Å²) in [5, 5.41) is 3.64. The van der Waals surface area contributed by atoms with Gasteiger partial charge in [0, 0.05) is 41.7 Å². The summed E-state index contributed by atoms with van der Waals surface area (Å²) < 4.78 is 11.0. The fourth-order valence-corrected chi connectivity index (χ4v) is 4.20. The van der Waals surface area contributed by atoms with Crippen LogP contribution >= 0.6 is 11.6 Å². The smallest absolute Gasteiger partial charge is 0.253 e. The van der Waals surface area contributed by atoms with Gasteiger partial charge in [0.2, 0.25) is 5.91 Å². The molecule has 0 bridgehead atoms. The number of nitrogens with zero attached hydrogens (tertiary/aromatic N) is 1. The SMILES string of the molecule is COc1ccc(OC)c([C@@H]2CN(C(=O)c3ccc(Cl)cc3)C[C@H]2C(=O)NCCC(C)C)c1. The van der Waals surface area contributed by atoms with Crippen molar-refractivity contribution < 1.29 is 19.1 Å². The monoisotopic (exact) mass is 458 g/mol. The molecule has 32 heavy (non-hydrogen) atoms. The molecule has 0 radical (unpaired) electrons. The van der Waals surface area contributed by atoms with Crippen LogP contribution in [0.4, 0.5) is 0 Å². The Morgan fingerprint density at radius 2 is 1.81 bits per heavy atom. The molecule has 1 aliphatic heterocycles. The van der Waals surface area contributed by atoms with Gasteiger partial charge in [0.1, 0.15) is 11.5 Å². The summed E-state index contributed by atoms with van der Waals surface area (Å²) in [7, 11) is 3.21. The number of likely N-dealkylation sites (tertiary alicyclic amines) is 1. The van der Waals surface area contributed by atoms with E-state index < -0.39 is 0 Å². The van der Waals surface area contributed by atoms with Crippen molar-refractivity contribution in [1.82, 2.24) is 10.2 Å². The number of ether oxygens (including phenoxy) is 2. The molecule has 2 aromatic carbocycles. The Kier molecular flexibility index (Phi) is 8.02. The largest absolute Gasteiger partial charge is 0.497 e. The fraction of sp³-hybridized carbons (Fsp3) is 0.440. The van der Waals surface area contributed by atoms with E-state index in [4.69, 9.17) is 21.1 Å². The second-order valence-corrected chi connectivity index (χ2v) is 8.95. The average molecular weight is 459 g/mol. The van der Waals surface area contributed by atoms with Gasteiger partial charge in [0.15, 0.2) is 0 Å². The van der Waals surface area contributed by atoms with Gasteiger partial charge in [-0.1, -0.05) is 25.4 Å². The van der Waals surface area contributed by atoms with Crippen LogP contribution < -0.4 is 14.8 Å². The van der Waals surface area contributed by atoms with Crippen molar-refractivity contribution in [2.75, 3.05) is 33.9 Å². The Bertz CT molecular complexity index is 945. The van der Waals surface area contributed by atoms with Crippen LogP contribution in [0.25, 0.3) is 0 Å². The minimum atomic E-state index is -0.389. The van der Waals surface area contributed by atoms with E-state index in [9.17, 15) is 9.59 Å². The highest BCUT2D eigenvalue weighted by atomic mass is 35.5. The number of amides is 2. The maximum Gasteiger partial charge on any atom is 0.253 e. The zero-order valence-corrected chi connectivity index (χ0v) is 19.8. The molecule has 1 aliphatic rings. The molecular formula is C25H31ClN2O4. The normalized spacial score (nSPS) is 18.0. The van der Waals surface area contributed by atoms with Gasteiger partial charge in [-0.3, -0.25) is 9.59 Å². The number of methoxy groups -OCH3 is 2. The van der Waals surface area contributed by atoms with Gasteiger partial charge >= 0.3 is 0 Å². The molecule has 2 aromatic rings. The number of nitrogens with one attached hydrogen (secondary N) is 1. The first-order valence-electron chi connectivity index (χ1n) is 10.9. The van der Waals surface area contributed by atoms with E-state index in [2.05, 4.69) is 19.2 Å². The number of rotatable bonds is 8. The van der Waals surface area contributed by atoms with Crippen LogP contribution in [-0.4, -0.2) is 50.6 Å². The first kappa shape index (κ1) is 23.9. The van der Waals surface area contributed by atoms with Crippen LogP contribution in [0.3, 0.4) is 0 Å². The Hall–Kier alpha value is -2.73. The molecule has 172 valence electrons. The van der Waals surface area contributed by atoms with Crippen LogP contribution in [-0.2, 0) is 4.79 Å². The van der Waals surface area contributed by atoms with Crippen LogP contribution in [0, 0.1) is 11.8 Å². The molecule has 1 heterocycles. The van der Waals surface area contributed by atoms with Gasteiger partial charge in [0.25, 0.3) is 5.91 Å². The molecule has 2 atom stereocenters. The molecule has 2 amide bonds. The van der Waals surface area contributed by atoms with E-state index in [-0.39, 0.29) is 23.7 Å². The van der Waals surface area contributed by atoms with Crippen molar-refractivity contribution in [2.45, 2.75) is 26.2 Å². The summed E-state index contributed by atoms with van der Waals surface area (Å²) in [6, 6.07) is 12.4. The third-order valence-corrected chi connectivity index (χ3v) is 6.14. The van der Waals surface area contributed by atoms with E-state index in [1.807, 2.05) is 18.2 Å². The highest BCUT2D eigenvalue weighted by Crippen LogP contribution is 2.40. The number of halogens is 1. The van der Waals surface area contributed by atoms with Crippen molar-refractivity contribution >= 4 is 23.4 Å². The first-order chi connectivity index (χ1) is 15.3. The Balaban J connectivity index is 1.90. The molecule has 0 aromatic heterocycles. The number of carbonyl (C=O) groups excluding carboxylic acids is 2. The van der Waals surface area contributed by atoms with Crippen molar-refractivity contribution in [2.24, 2.45) is 11.8 Å². The van der Waals surface area contributed by atoms with Crippen LogP contribution in [0.2, 0.25) is 5.02 Å². The molecule has 6 nitrogen and oxygen atoms in total. The molecule has 3 rings (SSSR count). The molecule has 1 N–H and O–H groups in total. The summed E-state index contributed by atoms with van der Waals surface area (Å²) in [5.74, 6) is 1.09. The molecule has 7 heteroatoms. The Morgan fingerprint density at radius 3 is 2.44 bits per heavy atom. The molecule has 0 unspecified atom stereocenters. The van der Waals surface area contributed by atoms with E-state index >= 15 is 0 Å². The van der Waals surface area contributed by atoms with Gasteiger partial charge in [-0.25, -0.2) is 0 Å². The number of hydrogen-bond donors (Lipinski definition) is 1. The lowest BCUT2D eigenvalue weighted by Gasteiger charge is -2.21. The minimum absolute atomic E-state index is 0.0491.